The van der Waals surface area contributed by atoms with Gasteiger partial charge in [0.05, 0.1) is 11.5 Å². The molecule has 0 spiro atoms. The minimum absolute atomic E-state index is 0.185. The third kappa shape index (κ3) is 3.50. The highest BCUT2D eigenvalue weighted by Gasteiger charge is 2.28. The molecule has 0 saturated carbocycles. The van der Waals surface area contributed by atoms with Crippen LogP contribution >= 0.6 is 11.9 Å². The summed E-state index contributed by atoms with van der Waals surface area (Å²) in [6.07, 6.45) is 9.50. The molecular formula is C22H29N3O2S. The molecule has 1 heterocycles. The molecule has 1 aliphatic heterocycles. The third-order valence-electron chi connectivity index (χ3n) is 6.06. The molecule has 0 atom stereocenters. The zero-order valence-electron chi connectivity index (χ0n) is 16.8. The molecule has 0 radical (unpaired) electrons. The molecule has 0 unspecified atom stereocenters. The average molecular weight is 400 g/mol. The Morgan fingerprint density at radius 2 is 1.75 bits per heavy atom. The first-order valence-corrected chi connectivity index (χ1v) is 11.0. The van der Waals surface area contributed by atoms with Crippen LogP contribution in [0, 0.1) is 6.92 Å². The van der Waals surface area contributed by atoms with Crippen molar-refractivity contribution in [2.45, 2.75) is 51.9 Å². The maximum Gasteiger partial charge on any atom is 0.329 e. The summed E-state index contributed by atoms with van der Waals surface area (Å²) in [5.74, 6) is 0.781. The SMILES string of the molecule is C=C/C(SNC(=O)Nc1c2c(c(C)c3c1CCC3)CCC2)=C1/OCCCN1C. The summed E-state index contributed by atoms with van der Waals surface area (Å²) in [7, 11) is 2.00. The van der Waals surface area contributed by atoms with Crippen molar-refractivity contribution in [3.8, 4) is 0 Å². The number of rotatable bonds is 4. The second-order valence-electron chi connectivity index (χ2n) is 7.78. The van der Waals surface area contributed by atoms with Crippen molar-refractivity contribution in [3.05, 3.63) is 51.3 Å². The molecule has 5 nitrogen and oxygen atoms in total. The maximum absolute atomic E-state index is 12.7. The number of amides is 2. The monoisotopic (exact) mass is 399 g/mol. The second kappa shape index (κ2) is 8.11. The first-order chi connectivity index (χ1) is 13.6. The average Bonchev–Trinajstić information content (AvgIpc) is 3.37. The number of carbonyl (C=O) groups is 1. The fourth-order valence-electron chi connectivity index (χ4n) is 4.74. The van der Waals surface area contributed by atoms with Crippen LogP contribution in [-0.4, -0.2) is 31.1 Å². The zero-order valence-corrected chi connectivity index (χ0v) is 17.6. The minimum atomic E-state index is -0.185. The lowest BCUT2D eigenvalue weighted by Gasteiger charge is -2.29. The van der Waals surface area contributed by atoms with E-state index in [0.717, 1.165) is 55.1 Å². The number of nitrogens with one attached hydrogen (secondary N) is 2. The fourth-order valence-corrected chi connectivity index (χ4v) is 5.38. The van der Waals surface area contributed by atoms with Gasteiger partial charge < -0.3 is 15.0 Å². The highest BCUT2D eigenvalue weighted by Crippen LogP contribution is 2.41. The topological polar surface area (TPSA) is 53.6 Å². The van der Waals surface area contributed by atoms with Gasteiger partial charge in [-0.05, 0) is 97.7 Å². The Morgan fingerprint density at radius 1 is 1.11 bits per heavy atom. The number of ether oxygens (including phenoxy) is 1. The lowest BCUT2D eigenvalue weighted by molar-refractivity contribution is 0.0793. The third-order valence-corrected chi connectivity index (χ3v) is 6.90. The van der Waals surface area contributed by atoms with E-state index in [0.29, 0.717) is 6.61 Å². The maximum atomic E-state index is 12.7. The van der Waals surface area contributed by atoms with Gasteiger partial charge >= 0.3 is 6.03 Å². The van der Waals surface area contributed by atoms with Gasteiger partial charge in [0.15, 0.2) is 0 Å². The molecule has 1 aromatic carbocycles. The van der Waals surface area contributed by atoms with Gasteiger partial charge in [0.1, 0.15) is 0 Å². The number of urea groups is 1. The van der Waals surface area contributed by atoms with Crippen LogP contribution in [0.15, 0.2) is 23.4 Å². The fraction of sp³-hybridized carbons (Fsp3) is 0.500. The molecule has 3 aliphatic rings. The number of benzene rings is 1. The van der Waals surface area contributed by atoms with Crippen molar-refractivity contribution < 1.29 is 9.53 Å². The zero-order chi connectivity index (χ0) is 19.7. The van der Waals surface area contributed by atoms with E-state index >= 15 is 0 Å². The smallest absolute Gasteiger partial charge is 0.329 e. The molecule has 150 valence electrons. The Kier molecular flexibility index (Phi) is 5.58. The summed E-state index contributed by atoms with van der Waals surface area (Å²) in [4.78, 5) is 15.6. The Hall–Kier alpha value is -2.08. The van der Waals surface area contributed by atoms with Gasteiger partial charge in [-0.15, -0.1) is 0 Å². The minimum Gasteiger partial charge on any atom is -0.478 e. The van der Waals surface area contributed by atoms with E-state index in [1.807, 2.05) is 7.05 Å². The Balaban J connectivity index is 1.51. The molecule has 2 amide bonds. The van der Waals surface area contributed by atoms with Crippen LogP contribution in [-0.2, 0) is 30.4 Å². The summed E-state index contributed by atoms with van der Waals surface area (Å²) in [6, 6.07) is -0.185. The predicted octanol–water partition coefficient (Wildman–Crippen LogP) is 4.45. The first kappa shape index (κ1) is 19.2. The van der Waals surface area contributed by atoms with Gasteiger partial charge in [0.2, 0.25) is 5.88 Å². The molecule has 1 aromatic rings. The van der Waals surface area contributed by atoms with Gasteiger partial charge in [-0.1, -0.05) is 6.58 Å². The standard InChI is InChI=1S/C22H29N3O2S/c1-4-19(21-25(3)12-7-13-27-21)28-24-22(26)23-20-17-10-5-8-15(17)14(2)16-9-6-11-18(16)20/h4H,1,5-13H2,2-3H3,(H2,23,24,26)/b21-19-. The molecule has 6 heteroatoms. The van der Waals surface area contributed by atoms with Gasteiger partial charge in [-0.25, -0.2) is 4.79 Å². The highest BCUT2D eigenvalue weighted by atomic mass is 32.2. The van der Waals surface area contributed by atoms with Crippen molar-refractivity contribution in [2.75, 3.05) is 25.5 Å². The molecule has 28 heavy (non-hydrogen) atoms. The van der Waals surface area contributed by atoms with Crippen LogP contribution in [0.2, 0.25) is 0 Å². The lowest BCUT2D eigenvalue weighted by atomic mass is 9.93. The van der Waals surface area contributed by atoms with Crippen LogP contribution in [0.1, 0.15) is 47.1 Å². The van der Waals surface area contributed by atoms with Gasteiger partial charge in [-0.3, -0.25) is 4.72 Å². The molecule has 1 saturated heterocycles. The molecule has 4 rings (SSSR count). The lowest BCUT2D eigenvalue weighted by Crippen LogP contribution is -2.29. The molecule has 0 aromatic heterocycles. The molecule has 2 aliphatic carbocycles. The summed E-state index contributed by atoms with van der Waals surface area (Å²) in [5, 5.41) is 3.18. The summed E-state index contributed by atoms with van der Waals surface area (Å²) < 4.78 is 8.70. The normalized spacial score (nSPS) is 19.6. The van der Waals surface area contributed by atoms with E-state index in [1.165, 1.54) is 52.6 Å². The van der Waals surface area contributed by atoms with Crippen molar-refractivity contribution in [1.29, 1.82) is 0 Å². The van der Waals surface area contributed by atoms with E-state index < -0.39 is 0 Å². The van der Waals surface area contributed by atoms with Crippen molar-refractivity contribution in [3.63, 3.8) is 0 Å². The van der Waals surface area contributed by atoms with Crippen molar-refractivity contribution >= 4 is 23.7 Å². The largest absolute Gasteiger partial charge is 0.478 e. The molecular weight excluding hydrogens is 370 g/mol. The van der Waals surface area contributed by atoms with Crippen LogP contribution in [0.4, 0.5) is 10.5 Å². The number of anilines is 1. The van der Waals surface area contributed by atoms with Gasteiger partial charge in [0.25, 0.3) is 0 Å². The molecule has 1 fully saturated rings. The quantitative estimate of drug-likeness (QED) is 0.735. The number of nitrogens with zero attached hydrogens (tertiary/aromatic N) is 1. The molecule has 2 N–H and O–H groups in total. The Morgan fingerprint density at radius 3 is 2.36 bits per heavy atom. The number of hydrogen-bond acceptors (Lipinski definition) is 4. The Bertz CT molecular complexity index is 812. The summed E-state index contributed by atoms with van der Waals surface area (Å²) in [6.45, 7) is 7.79. The second-order valence-corrected chi connectivity index (χ2v) is 8.62. The number of allylic oxidation sites excluding steroid dienone is 1. The Labute approximate surface area is 171 Å². The van der Waals surface area contributed by atoms with Crippen LogP contribution in [0.5, 0.6) is 0 Å². The van der Waals surface area contributed by atoms with E-state index in [2.05, 4.69) is 28.4 Å². The van der Waals surface area contributed by atoms with Crippen LogP contribution in [0.3, 0.4) is 0 Å². The van der Waals surface area contributed by atoms with Crippen LogP contribution < -0.4 is 10.0 Å². The predicted molar refractivity (Wildman–Crippen MR) is 115 cm³/mol. The summed E-state index contributed by atoms with van der Waals surface area (Å²) in [5.41, 5.74) is 8.19. The van der Waals surface area contributed by atoms with E-state index in [1.54, 1.807) is 6.08 Å². The summed E-state index contributed by atoms with van der Waals surface area (Å²) >= 11 is 1.26. The van der Waals surface area contributed by atoms with E-state index in [9.17, 15) is 4.79 Å². The van der Waals surface area contributed by atoms with Crippen molar-refractivity contribution in [2.24, 2.45) is 0 Å². The van der Waals surface area contributed by atoms with Crippen molar-refractivity contribution in [1.82, 2.24) is 9.62 Å². The van der Waals surface area contributed by atoms with E-state index in [-0.39, 0.29) is 6.03 Å². The van der Waals surface area contributed by atoms with Gasteiger partial charge in [0, 0.05) is 19.3 Å². The van der Waals surface area contributed by atoms with E-state index in [4.69, 9.17) is 4.74 Å². The van der Waals surface area contributed by atoms with Crippen LogP contribution in [0.25, 0.3) is 0 Å². The van der Waals surface area contributed by atoms with Gasteiger partial charge in [-0.2, -0.15) is 0 Å². The number of carbonyl (C=O) groups excluding carboxylic acids is 1. The first-order valence-electron chi connectivity index (χ1n) is 10.2. The molecule has 0 bridgehead atoms. The number of fused-ring (bicyclic) bond motifs is 2. The highest BCUT2D eigenvalue weighted by molar-refractivity contribution is 8.01. The number of hydrogen-bond donors (Lipinski definition) is 2.